The number of aromatic nitrogens is 2. The Labute approximate surface area is 123 Å². The van der Waals surface area contributed by atoms with Crippen LogP contribution in [-0.2, 0) is 14.2 Å². The Hall–Kier alpha value is -1.48. The van der Waals surface area contributed by atoms with Crippen LogP contribution in [0.1, 0.15) is 29.7 Å². The summed E-state index contributed by atoms with van der Waals surface area (Å²) in [4.78, 5) is 25.4. The van der Waals surface area contributed by atoms with Gasteiger partial charge in [-0.1, -0.05) is 0 Å². The van der Waals surface area contributed by atoms with Crippen LogP contribution in [0.25, 0.3) is 0 Å². The molecule has 2 aliphatic heterocycles. The lowest BCUT2D eigenvalue weighted by atomic mass is 9.96. The van der Waals surface area contributed by atoms with E-state index in [0.29, 0.717) is 0 Å². The summed E-state index contributed by atoms with van der Waals surface area (Å²) in [5.74, 6) is -1.04. The first kappa shape index (κ1) is 12.1. The van der Waals surface area contributed by atoms with Gasteiger partial charge in [-0.15, -0.1) is 0 Å². The Balaban J connectivity index is 2.11. The van der Waals surface area contributed by atoms with Gasteiger partial charge < -0.3 is 19.3 Å². The molecule has 2 aliphatic rings. The molecular weight excluding hydrogens is 280 g/mol. The van der Waals surface area contributed by atoms with Gasteiger partial charge in [-0.3, -0.25) is 14.3 Å². The summed E-state index contributed by atoms with van der Waals surface area (Å²) in [6.07, 6.45) is -2.15. The number of hydrogen-bond donors (Lipinski definition) is 2. The van der Waals surface area contributed by atoms with Crippen LogP contribution in [0.5, 0.6) is 0 Å². The van der Waals surface area contributed by atoms with Crippen LogP contribution in [-0.4, -0.2) is 44.8 Å². The molecule has 0 unspecified atom stereocenters. The minimum Gasteiger partial charge on any atom is -0.394 e. The predicted octanol–water partition coefficient (Wildman–Crippen LogP) is -0.663. The van der Waals surface area contributed by atoms with Crippen molar-refractivity contribution >= 4 is 0 Å². The smallest absolute Gasteiger partial charge is 0.330 e. The molecule has 21 heavy (non-hydrogen) atoms. The minimum absolute atomic E-state index is 0.566. The van der Waals surface area contributed by atoms with E-state index in [1.165, 1.54) is 6.20 Å². The highest BCUT2D eigenvalue weighted by atomic mass is 16.8. The van der Waals surface area contributed by atoms with Crippen molar-refractivity contribution in [1.82, 2.24) is 9.55 Å². The summed E-state index contributed by atoms with van der Waals surface area (Å²) >= 11 is 0. The molecule has 0 aliphatic carbocycles. The zero-order valence-electron chi connectivity index (χ0n) is 13.8. The van der Waals surface area contributed by atoms with Crippen molar-refractivity contribution in [3.63, 3.8) is 0 Å². The molecule has 3 rings (SSSR count). The van der Waals surface area contributed by atoms with Gasteiger partial charge in [-0.2, -0.15) is 0 Å². The maximum Gasteiger partial charge on any atom is 0.330 e. The van der Waals surface area contributed by atoms with Crippen molar-refractivity contribution in [2.24, 2.45) is 0 Å². The molecule has 2 saturated heterocycles. The lowest BCUT2D eigenvalue weighted by Crippen LogP contribution is -2.45. The van der Waals surface area contributed by atoms with Crippen molar-refractivity contribution in [1.29, 1.82) is 0 Å². The highest BCUT2D eigenvalue weighted by Crippen LogP contribution is 2.50. The van der Waals surface area contributed by atoms with Crippen LogP contribution in [0.3, 0.4) is 0 Å². The highest BCUT2D eigenvalue weighted by Gasteiger charge is 2.64. The Kier molecular flexibility index (Phi) is 2.60. The third kappa shape index (κ3) is 2.15. The van der Waals surface area contributed by atoms with E-state index in [2.05, 4.69) is 4.98 Å². The molecule has 0 aromatic carbocycles. The largest absolute Gasteiger partial charge is 0.394 e. The maximum atomic E-state index is 12.1. The molecule has 0 bridgehead atoms. The number of ether oxygens (including phenoxy) is 3. The average Bonchev–Trinajstić information content (AvgIpc) is 2.75. The number of rotatable bonds is 2. The first-order valence-corrected chi connectivity index (χ1v) is 6.51. The Morgan fingerprint density at radius 2 is 2.19 bits per heavy atom. The van der Waals surface area contributed by atoms with E-state index in [-0.39, 0.29) is 0 Å². The normalized spacial score (nSPS) is 39.7. The molecule has 8 heteroatoms. The van der Waals surface area contributed by atoms with Crippen LogP contribution in [0.4, 0.5) is 0 Å². The summed E-state index contributed by atoms with van der Waals surface area (Å²) < 4.78 is 33.3. The van der Waals surface area contributed by atoms with Crippen LogP contribution >= 0.6 is 0 Å². The summed E-state index contributed by atoms with van der Waals surface area (Å²) in [6, 6.07) is 1.14. The molecule has 0 spiro atoms. The fourth-order valence-electron chi connectivity index (χ4n) is 2.98. The van der Waals surface area contributed by atoms with Crippen molar-refractivity contribution in [3.8, 4) is 0 Å². The standard InChI is InChI=1S/C13H18N2O6/c1-12(2)20-9-7(6-16)19-10(13(9,3)21-12)15-5-4-8(17)14-11(15)18/h4-5,7,9-10,16H,6H2,1-3H3,(H,14,17,18)/t7-,9-,10-,13-/m1/s1/i6D2. The molecule has 0 amide bonds. The van der Waals surface area contributed by atoms with E-state index in [1.54, 1.807) is 20.8 Å². The maximum absolute atomic E-state index is 12.1. The van der Waals surface area contributed by atoms with E-state index >= 15 is 0 Å². The molecule has 1 aromatic rings. The van der Waals surface area contributed by atoms with Gasteiger partial charge in [0.2, 0.25) is 0 Å². The van der Waals surface area contributed by atoms with Crippen LogP contribution < -0.4 is 11.2 Å². The third-order valence-electron chi connectivity index (χ3n) is 3.71. The summed E-state index contributed by atoms with van der Waals surface area (Å²) in [5, 5.41) is 9.75. The molecule has 8 nitrogen and oxygen atoms in total. The van der Waals surface area contributed by atoms with Crippen LogP contribution in [0.2, 0.25) is 0 Å². The topological polar surface area (TPSA) is 103 Å². The number of nitrogens with one attached hydrogen (secondary N) is 1. The van der Waals surface area contributed by atoms with Gasteiger partial charge in [0.1, 0.15) is 17.8 Å². The molecule has 1 aromatic heterocycles. The highest BCUT2D eigenvalue weighted by molar-refractivity contribution is 5.06. The second-order valence-corrected chi connectivity index (χ2v) is 5.78. The molecule has 2 N–H and O–H groups in total. The number of nitrogens with zero attached hydrogens (tertiary/aromatic N) is 1. The quantitative estimate of drug-likeness (QED) is 0.751. The van der Waals surface area contributed by atoms with E-state index in [4.69, 9.17) is 17.0 Å². The first-order chi connectivity index (χ1) is 10.4. The summed E-state index contributed by atoms with van der Waals surface area (Å²) in [5.41, 5.74) is -2.52. The lowest BCUT2D eigenvalue weighted by Gasteiger charge is -2.30. The predicted molar refractivity (Wildman–Crippen MR) is 70.8 cm³/mol. The Bertz CT molecular complexity index is 739. The van der Waals surface area contributed by atoms with Gasteiger partial charge in [-0.05, 0) is 20.8 Å². The zero-order chi connectivity index (χ0) is 17.2. The van der Waals surface area contributed by atoms with Gasteiger partial charge in [-0.25, -0.2) is 4.79 Å². The Morgan fingerprint density at radius 3 is 2.81 bits per heavy atom. The molecule has 0 saturated carbocycles. The number of aromatic amines is 1. The first-order valence-electron chi connectivity index (χ1n) is 7.51. The molecule has 0 radical (unpaired) electrons. The lowest BCUT2D eigenvalue weighted by molar-refractivity contribution is -0.218. The minimum atomic E-state index is -2.70. The number of H-pyrrole nitrogens is 1. The summed E-state index contributed by atoms with van der Waals surface area (Å²) in [7, 11) is 0. The van der Waals surface area contributed by atoms with Gasteiger partial charge in [0, 0.05) is 12.3 Å². The van der Waals surface area contributed by atoms with Crippen LogP contribution in [0, 0.1) is 0 Å². The average molecular weight is 300 g/mol. The number of hydrogen-bond acceptors (Lipinski definition) is 6. The Morgan fingerprint density at radius 1 is 1.48 bits per heavy atom. The second-order valence-electron chi connectivity index (χ2n) is 5.78. The van der Waals surface area contributed by atoms with Gasteiger partial charge in [0.15, 0.2) is 12.0 Å². The fraction of sp³-hybridized carbons (Fsp3) is 0.692. The van der Waals surface area contributed by atoms with Gasteiger partial charge in [0.25, 0.3) is 5.56 Å². The number of aliphatic hydroxyl groups is 1. The van der Waals surface area contributed by atoms with Crippen molar-refractivity contribution < 1.29 is 22.1 Å². The SMILES string of the molecule is [2H]C([2H])(O)[C@H]1O[C@@H](n2ccc(=O)[nH]c2=O)[C@]2(C)OC(C)(C)O[C@H]12. The second kappa shape index (κ2) is 4.51. The van der Waals surface area contributed by atoms with E-state index in [0.717, 1.165) is 10.6 Å². The number of fused-ring (bicyclic) bond motifs is 1. The van der Waals surface area contributed by atoms with Crippen molar-refractivity contribution in [3.05, 3.63) is 33.1 Å². The van der Waals surface area contributed by atoms with E-state index < -0.39 is 47.6 Å². The summed E-state index contributed by atoms with van der Waals surface area (Å²) in [6.45, 7) is 2.21. The molecular formula is C13H18N2O6. The molecule has 3 heterocycles. The molecule has 116 valence electrons. The van der Waals surface area contributed by atoms with Crippen molar-refractivity contribution in [2.75, 3.05) is 6.56 Å². The van der Waals surface area contributed by atoms with Crippen molar-refractivity contribution in [2.45, 2.75) is 50.6 Å². The van der Waals surface area contributed by atoms with E-state index in [1.807, 2.05) is 0 Å². The fourth-order valence-corrected chi connectivity index (χ4v) is 2.98. The zero-order valence-corrected chi connectivity index (χ0v) is 11.8. The molecule has 2 fully saturated rings. The van der Waals surface area contributed by atoms with Crippen LogP contribution in [0.15, 0.2) is 21.9 Å². The molecule has 4 atom stereocenters. The van der Waals surface area contributed by atoms with Gasteiger partial charge >= 0.3 is 5.69 Å². The monoisotopic (exact) mass is 300 g/mol. The van der Waals surface area contributed by atoms with Gasteiger partial charge in [0.05, 0.1) is 9.30 Å². The van der Waals surface area contributed by atoms with E-state index in [9.17, 15) is 14.7 Å². The third-order valence-corrected chi connectivity index (χ3v) is 3.71.